The highest BCUT2D eigenvalue weighted by molar-refractivity contribution is 6.31. The average Bonchev–Trinajstić information content (AvgIpc) is 2.81. The smallest absolute Gasteiger partial charge is 0.124 e. The van der Waals surface area contributed by atoms with Crippen molar-refractivity contribution in [2.75, 3.05) is 12.4 Å². The third-order valence-electron chi connectivity index (χ3n) is 3.39. The SMILES string of the molecule is COc1ccc(Cl)cc1C1Cc2cc(Cl)ccc2N1. The number of hydrogen-bond acceptors (Lipinski definition) is 2. The lowest BCUT2D eigenvalue weighted by Gasteiger charge is -2.16. The quantitative estimate of drug-likeness (QED) is 0.866. The monoisotopic (exact) mass is 293 g/mol. The van der Waals surface area contributed by atoms with Gasteiger partial charge in [-0.3, -0.25) is 0 Å². The minimum absolute atomic E-state index is 0.169. The molecule has 0 aromatic heterocycles. The molecule has 1 heterocycles. The summed E-state index contributed by atoms with van der Waals surface area (Å²) in [5.41, 5.74) is 3.42. The summed E-state index contributed by atoms with van der Waals surface area (Å²) in [6.07, 6.45) is 0.882. The van der Waals surface area contributed by atoms with Crippen LogP contribution in [0.4, 0.5) is 5.69 Å². The summed E-state index contributed by atoms with van der Waals surface area (Å²) < 4.78 is 5.41. The Morgan fingerprint density at radius 1 is 1.11 bits per heavy atom. The van der Waals surface area contributed by atoms with Crippen molar-refractivity contribution < 1.29 is 4.74 Å². The molecule has 19 heavy (non-hydrogen) atoms. The highest BCUT2D eigenvalue weighted by Crippen LogP contribution is 2.39. The van der Waals surface area contributed by atoms with E-state index < -0.39 is 0 Å². The van der Waals surface area contributed by atoms with Crippen molar-refractivity contribution in [1.29, 1.82) is 0 Å². The predicted octanol–water partition coefficient (Wildman–Crippen LogP) is 4.71. The minimum Gasteiger partial charge on any atom is -0.496 e. The number of fused-ring (bicyclic) bond motifs is 1. The van der Waals surface area contributed by atoms with Crippen LogP contribution in [0.15, 0.2) is 36.4 Å². The standard InChI is InChI=1S/C15H13Cl2NO/c1-19-15-5-3-11(17)8-12(15)14-7-9-6-10(16)2-4-13(9)18-14/h2-6,8,14,18H,7H2,1H3. The molecule has 0 radical (unpaired) electrons. The van der Waals surface area contributed by atoms with Crippen LogP contribution in [-0.2, 0) is 6.42 Å². The largest absolute Gasteiger partial charge is 0.496 e. The Morgan fingerprint density at radius 2 is 1.84 bits per heavy atom. The third-order valence-corrected chi connectivity index (χ3v) is 3.86. The van der Waals surface area contributed by atoms with Crippen molar-refractivity contribution in [1.82, 2.24) is 0 Å². The first-order valence-electron chi connectivity index (χ1n) is 6.06. The molecule has 0 saturated heterocycles. The van der Waals surface area contributed by atoms with Crippen LogP contribution in [0, 0.1) is 0 Å². The molecular weight excluding hydrogens is 281 g/mol. The van der Waals surface area contributed by atoms with Gasteiger partial charge in [0.1, 0.15) is 5.75 Å². The second-order valence-electron chi connectivity index (χ2n) is 4.59. The molecule has 2 aromatic rings. The molecular formula is C15H13Cl2NO. The van der Waals surface area contributed by atoms with Gasteiger partial charge in [0.05, 0.1) is 13.2 Å². The fraction of sp³-hybridized carbons (Fsp3) is 0.200. The Kier molecular flexibility index (Phi) is 3.29. The van der Waals surface area contributed by atoms with Crippen LogP contribution in [0.5, 0.6) is 5.75 Å². The molecule has 0 aliphatic carbocycles. The summed E-state index contributed by atoms with van der Waals surface area (Å²) in [5.74, 6) is 0.848. The molecule has 0 bridgehead atoms. The molecule has 4 heteroatoms. The van der Waals surface area contributed by atoms with Gasteiger partial charge >= 0.3 is 0 Å². The van der Waals surface area contributed by atoms with Crippen molar-refractivity contribution in [2.24, 2.45) is 0 Å². The second-order valence-corrected chi connectivity index (χ2v) is 5.46. The van der Waals surface area contributed by atoms with Crippen LogP contribution in [0.2, 0.25) is 10.0 Å². The van der Waals surface area contributed by atoms with E-state index in [9.17, 15) is 0 Å². The van der Waals surface area contributed by atoms with Gasteiger partial charge in [0.25, 0.3) is 0 Å². The maximum absolute atomic E-state index is 6.08. The number of nitrogens with one attached hydrogen (secondary N) is 1. The number of halogens is 2. The first-order valence-corrected chi connectivity index (χ1v) is 6.81. The average molecular weight is 294 g/mol. The summed E-state index contributed by atoms with van der Waals surface area (Å²) >= 11 is 12.1. The Morgan fingerprint density at radius 3 is 2.63 bits per heavy atom. The zero-order valence-corrected chi connectivity index (χ0v) is 11.9. The van der Waals surface area contributed by atoms with E-state index in [0.29, 0.717) is 5.02 Å². The predicted molar refractivity (Wildman–Crippen MR) is 79.5 cm³/mol. The van der Waals surface area contributed by atoms with E-state index in [1.807, 2.05) is 36.4 Å². The molecule has 2 aromatic carbocycles. The van der Waals surface area contributed by atoms with Gasteiger partial charge in [0.15, 0.2) is 0 Å². The van der Waals surface area contributed by atoms with Crippen molar-refractivity contribution in [3.05, 3.63) is 57.6 Å². The van der Waals surface area contributed by atoms with Gasteiger partial charge in [0.2, 0.25) is 0 Å². The van der Waals surface area contributed by atoms with Crippen LogP contribution >= 0.6 is 23.2 Å². The normalized spacial score (nSPS) is 16.9. The molecule has 3 rings (SSSR count). The van der Waals surface area contributed by atoms with Gasteiger partial charge < -0.3 is 10.1 Å². The van der Waals surface area contributed by atoms with E-state index in [0.717, 1.165) is 28.4 Å². The number of hydrogen-bond donors (Lipinski definition) is 1. The number of anilines is 1. The molecule has 1 aliphatic heterocycles. The van der Waals surface area contributed by atoms with Crippen LogP contribution < -0.4 is 10.1 Å². The van der Waals surface area contributed by atoms with Crippen molar-refractivity contribution >= 4 is 28.9 Å². The topological polar surface area (TPSA) is 21.3 Å². The maximum Gasteiger partial charge on any atom is 0.124 e. The molecule has 0 fully saturated rings. The van der Waals surface area contributed by atoms with Gasteiger partial charge in [-0.25, -0.2) is 0 Å². The summed E-state index contributed by atoms with van der Waals surface area (Å²) in [7, 11) is 1.67. The third kappa shape index (κ3) is 2.38. The van der Waals surface area contributed by atoms with E-state index >= 15 is 0 Å². The van der Waals surface area contributed by atoms with Gasteiger partial charge in [0, 0.05) is 21.3 Å². The first kappa shape index (κ1) is 12.6. The molecule has 1 aliphatic rings. The molecule has 1 unspecified atom stereocenters. The van der Waals surface area contributed by atoms with E-state index in [1.165, 1.54) is 5.56 Å². The first-order chi connectivity index (χ1) is 9.17. The Bertz CT molecular complexity index is 628. The zero-order valence-electron chi connectivity index (χ0n) is 10.4. The number of methoxy groups -OCH3 is 1. The summed E-state index contributed by atoms with van der Waals surface area (Å²) in [6, 6.07) is 11.8. The summed E-state index contributed by atoms with van der Waals surface area (Å²) in [4.78, 5) is 0. The van der Waals surface area contributed by atoms with E-state index in [1.54, 1.807) is 7.11 Å². The molecule has 98 valence electrons. The van der Waals surface area contributed by atoms with Gasteiger partial charge in [-0.1, -0.05) is 23.2 Å². The summed E-state index contributed by atoms with van der Waals surface area (Å²) in [6.45, 7) is 0. The highest BCUT2D eigenvalue weighted by Gasteiger charge is 2.24. The van der Waals surface area contributed by atoms with Gasteiger partial charge in [-0.05, 0) is 48.4 Å². The lowest BCUT2D eigenvalue weighted by atomic mass is 10.0. The van der Waals surface area contributed by atoms with Gasteiger partial charge in [-0.15, -0.1) is 0 Å². The van der Waals surface area contributed by atoms with Crippen molar-refractivity contribution in [2.45, 2.75) is 12.5 Å². The van der Waals surface area contributed by atoms with E-state index in [-0.39, 0.29) is 6.04 Å². The highest BCUT2D eigenvalue weighted by atomic mass is 35.5. The Balaban J connectivity index is 1.96. The Labute approximate surface area is 122 Å². The van der Waals surface area contributed by atoms with Gasteiger partial charge in [-0.2, -0.15) is 0 Å². The lowest BCUT2D eigenvalue weighted by molar-refractivity contribution is 0.407. The Hall–Kier alpha value is -1.38. The lowest BCUT2D eigenvalue weighted by Crippen LogP contribution is -2.07. The van der Waals surface area contributed by atoms with Crippen LogP contribution in [0.25, 0.3) is 0 Å². The molecule has 2 nitrogen and oxygen atoms in total. The molecule has 0 saturated carbocycles. The van der Waals surface area contributed by atoms with E-state index in [2.05, 4.69) is 5.32 Å². The van der Waals surface area contributed by atoms with Crippen LogP contribution in [0.3, 0.4) is 0 Å². The van der Waals surface area contributed by atoms with Crippen LogP contribution in [0.1, 0.15) is 17.2 Å². The minimum atomic E-state index is 0.169. The second kappa shape index (κ2) is 4.95. The summed E-state index contributed by atoms with van der Waals surface area (Å²) in [5, 5.41) is 4.96. The van der Waals surface area contributed by atoms with Crippen molar-refractivity contribution in [3.8, 4) is 5.75 Å². The van der Waals surface area contributed by atoms with E-state index in [4.69, 9.17) is 27.9 Å². The zero-order chi connectivity index (χ0) is 13.4. The fourth-order valence-corrected chi connectivity index (χ4v) is 2.87. The number of ether oxygens (including phenoxy) is 1. The molecule has 1 N–H and O–H groups in total. The number of rotatable bonds is 2. The molecule has 0 spiro atoms. The molecule has 0 amide bonds. The van der Waals surface area contributed by atoms with Crippen molar-refractivity contribution in [3.63, 3.8) is 0 Å². The van der Waals surface area contributed by atoms with Crippen LogP contribution in [-0.4, -0.2) is 7.11 Å². The number of benzene rings is 2. The fourth-order valence-electron chi connectivity index (χ4n) is 2.50. The molecule has 1 atom stereocenters. The maximum atomic E-state index is 6.08.